The molecule has 0 fully saturated rings. The summed E-state index contributed by atoms with van der Waals surface area (Å²) >= 11 is 0. The fourth-order valence-electron chi connectivity index (χ4n) is 1.48. The summed E-state index contributed by atoms with van der Waals surface area (Å²) in [6.45, 7) is 2.08. The second-order valence-corrected chi connectivity index (χ2v) is 3.33. The molecule has 0 unspecified atom stereocenters. The average Bonchev–Trinajstić information content (AvgIpc) is 2.53. The smallest absolute Gasteiger partial charge is 0.0193 e. The summed E-state index contributed by atoms with van der Waals surface area (Å²) in [5.74, 6) is 0. The van der Waals surface area contributed by atoms with Crippen molar-refractivity contribution in [3.8, 4) is 0 Å². The Morgan fingerprint density at radius 1 is 1.00 bits per heavy atom. The van der Waals surface area contributed by atoms with Gasteiger partial charge in [-0.25, -0.2) is 0 Å². The van der Waals surface area contributed by atoms with E-state index in [0.717, 1.165) is 6.42 Å². The maximum Gasteiger partial charge on any atom is 0.0193 e. The largest absolute Gasteiger partial charge is 0.362 e. The van der Waals surface area contributed by atoms with Gasteiger partial charge in [0.25, 0.3) is 0 Å². The Labute approximate surface area is 78.4 Å². The number of rotatable bonds is 2. The molecule has 0 amide bonds. The second kappa shape index (κ2) is 3.48. The summed E-state index contributed by atoms with van der Waals surface area (Å²) in [5, 5.41) is 0. The van der Waals surface area contributed by atoms with Gasteiger partial charge in [0, 0.05) is 17.8 Å². The molecule has 0 aliphatic carbocycles. The van der Waals surface area contributed by atoms with E-state index in [1.165, 1.54) is 17.0 Å². The van der Waals surface area contributed by atoms with Gasteiger partial charge in [-0.15, -0.1) is 0 Å². The first kappa shape index (κ1) is 8.11. The van der Waals surface area contributed by atoms with Gasteiger partial charge >= 0.3 is 0 Å². The summed E-state index contributed by atoms with van der Waals surface area (Å²) in [5.41, 5.74) is 3.86. The summed E-state index contributed by atoms with van der Waals surface area (Å²) < 4.78 is 0. The van der Waals surface area contributed by atoms with Gasteiger partial charge in [0.1, 0.15) is 0 Å². The van der Waals surface area contributed by atoms with Crippen molar-refractivity contribution in [2.45, 2.75) is 13.3 Å². The van der Waals surface area contributed by atoms with E-state index >= 15 is 0 Å². The van der Waals surface area contributed by atoms with Crippen LogP contribution in [0.25, 0.3) is 0 Å². The fraction of sp³-hybridized carbons (Fsp3) is 0.167. The zero-order chi connectivity index (χ0) is 9.10. The minimum atomic E-state index is 0.995. The van der Waals surface area contributed by atoms with Gasteiger partial charge in [0.05, 0.1) is 0 Å². The molecule has 2 aromatic rings. The molecule has 2 rings (SSSR count). The lowest BCUT2D eigenvalue weighted by Gasteiger charge is -1.97. The Morgan fingerprint density at radius 3 is 2.38 bits per heavy atom. The third-order valence-electron chi connectivity index (χ3n) is 2.13. The van der Waals surface area contributed by atoms with Crippen LogP contribution in [0.3, 0.4) is 0 Å². The summed E-state index contributed by atoms with van der Waals surface area (Å²) in [7, 11) is 0. The van der Waals surface area contributed by atoms with Crippen LogP contribution in [0.2, 0.25) is 0 Å². The van der Waals surface area contributed by atoms with Crippen molar-refractivity contribution in [1.29, 1.82) is 0 Å². The highest BCUT2D eigenvalue weighted by Crippen LogP contribution is 2.08. The number of nitrogens with one attached hydrogen (secondary N) is 1. The molecule has 0 saturated carbocycles. The lowest BCUT2D eigenvalue weighted by Crippen LogP contribution is -1.87. The van der Waals surface area contributed by atoms with Crippen molar-refractivity contribution in [2.75, 3.05) is 0 Å². The number of hydrogen-bond acceptors (Lipinski definition) is 0. The maximum atomic E-state index is 3.32. The molecule has 1 aromatic carbocycles. The van der Waals surface area contributed by atoms with Crippen LogP contribution in [0.4, 0.5) is 0 Å². The summed E-state index contributed by atoms with van der Waals surface area (Å²) in [6, 6.07) is 14.7. The van der Waals surface area contributed by atoms with E-state index in [1.54, 1.807) is 0 Å². The van der Waals surface area contributed by atoms with Crippen molar-refractivity contribution in [3.63, 3.8) is 0 Å². The summed E-state index contributed by atoms with van der Waals surface area (Å²) in [4.78, 5) is 3.32. The molecule has 1 nitrogen and oxygen atoms in total. The van der Waals surface area contributed by atoms with E-state index in [9.17, 15) is 0 Å². The maximum absolute atomic E-state index is 3.32. The van der Waals surface area contributed by atoms with Crippen molar-refractivity contribution in [1.82, 2.24) is 4.98 Å². The predicted molar refractivity (Wildman–Crippen MR) is 54.8 cm³/mol. The lowest BCUT2D eigenvalue weighted by molar-refractivity contribution is 1.08. The quantitative estimate of drug-likeness (QED) is 0.715. The summed E-state index contributed by atoms with van der Waals surface area (Å²) in [6.07, 6.45) is 0.995. The molecule has 0 saturated heterocycles. The molecule has 0 atom stereocenters. The first-order valence-corrected chi connectivity index (χ1v) is 4.53. The Balaban J connectivity index is 2.15. The van der Waals surface area contributed by atoms with Crippen molar-refractivity contribution >= 4 is 0 Å². The average molecular weight is 171 g/mol. The highest BCUT2D eigenvalue weighted by molar-refractivity contribution is 5.23. The van der Waals surface area contributed by atoms with Crippen molar-refractivity contribution in [2.24, 2.45) is 0 Å². The Morgan fingerprint density at radius 2 is 1.77 bits per heavy atom. The number of benzene rings is 1. The van der Waals surface area contributed by atoms with Gasteiger partial charge < -0.3 is 4.98 Å². The molecular formula is C12H13N. The van der Waals surface area contributed by atoms with Crippen LogP contribution < -0.4 is 0 Å². The number of H-pyrrole nitrogens is 1. The van der Waals surface area contributed by atoms with Gasteiger partial charge in [-0.05, 0) is 24.6 Å². The van der Waals surface area contributed by atoms with Gasteiger partial charge in [0.2, 0.25) is 0 Å². The highest BCUT2D eigenvalue weighted by atomic mass is 14.7. The van der Waals surface area contributed by atoms with Gasteiger partial charge in [-0.3, -0.25) is 0 Å². The van der Waals surface area contributed by atoms with Crippen LogP contribution >= 0.6 is 0 Å². The molecule has 1 N–H and O–H groups in total. The van der Waals surface area contributed by atoms with Crippen LogP contribution in [0, 0.1) is 6.92 Å². The minimum absolute atomic E-state index is 0.995. The SMILES string of the molecule is Cc1ccc(Cc2ccccc2)[nH]1. The second-order valence-electron chi connectivity index (χ2n) is 3.33. The van der Waals surface area contributed by atoms with Crippen LogP contribution in [-0.2, 0) is 6.42 Å². The van der Waals surface area contributed by atoms with E-state index in [2.05, 4.69) is 48.3 Å². The Hall–Kier alpha value is -1.50. The van der Waals surface area contributed by atoms with Crippen LogP contribution in [-0.4, -0.2) is 4.98 Å². The monoisotopic (exact) mass is 171 g/mol. The minimum Gasteiger partial charge on any atom is -0.362 e. The first-order chi connectivity index (χ1) is 6.34. The van der Waals surface area contributed by atoms with E-state index in [4.69, 9.17) is 0 Å². The van der Waals surface area contributed by atoms with Crippen LogP contribution in [0.5, 0.6) is 0 Å². The van der Waals surface area contributed by atoms with E-state index < -0.39 is 0 Å². The third-order valence-corrected chi connectivity index (χ3v) is 2.13. The van der Waals surface area contributed by atoms with Crippen LogP contribution in [0.1, 0.15) is 17.0 Å². The van der Waals surface area contributed by atoms with Gasteiger partial charge in [-0.2, -0.15) is 0 Å². The fourth-order valence-corrected chi connectivity index (χ4v) is 1.48. The molecule has 0 bridgehead atoms. The molecule has 66 valence electrons. The molecule has 0 radical (unpaired) electrons. The van der Waals surface area contributed by atoms with E-state index in [0.29, 0.717) is 0 Å². The molecule has 0 spiro atoms. The normalized spacial score (nSPS) is 10.2. The van der Waals surface area contributed by atoms with Crippen molar-refractivity contribution < 1.29 is 0 Å². The Kier molecular flexibility index (Phi) is 2.17. The molecule has 1 heterocycles. The number of aromatic amines is 1. The standard InChI is InChI=1S/C12H13N/c1-10-7-8-12(13-10)9-11-5-3-2-4-6-11/h2-8,13H,9H2,1H3. The molecule has 0 aliphatic heterocycles. The van der Waals surface area contributed by atoms with Crippen molar-refractivity contribution in [3.05, 3.63) is 59.4 Å². The Bertz CT molecular complexity index is 373. The van der Waals surface area contributed by atoms with Crippen LogP contribution in [0.15, 0.2) is 42.5 Å². The molecule has 1 heteroatoms. The lowest BCUT2D eigenvalue weighted by atomic mass is 10.1. The molecular weight excluding hydrogens is 158 g/mol. The molecule has 0 aliphatic rings. The highest BCUT2D eigenvalue weighted by Gasteiger charge is 1.96. The third kappa shape index (κ3) is 2.00. The van der Waals surface area contributed by atoms with Gasteiger partial charge in [0.15, 0.2) is 0 Å². The number of aryl methyl sites for hydroxylation is 1. The zero-order valence-corrected chi connectivity index (χ0v) is 7.75. The van der Waals surface area contributed by atoms with Gasteiger partial charge in [-0.1, -0.05) is 30.3 Å². The molecule has 1 aromatic heterocycles. The predicted octanol–water partition coefficient (Wildman–Crippen LogP) is 2.91. The first-order valence-electron chi connectivity index (χ1n) is 4.53. The van der Waals surface area contributed by atoms with E-state index in [1.807, 2.05) is 6.07 Å². The number of aromatic nitrogens is 1. The number of hydrogen-bond donors (Lipinski definition) is 1. The molecule has 13 heavy (non-hydrogen) atoms. The topological polar surface area (TPSA) is 15.8 Å². The van der Waals surface area contributed by atoms with E-state index in [-0.39, 0.29) is 0 Å². The zero-order valence-electron chi connectivity index (χ0n) is 7.75.